The number of amides is 1. The molecule has 1 aromatic carbocycles. The van der Waals surface area contributed by atoms with Crippen molar-refractivity contribution in [3.63, 3.8) is 0 Å². The number of carbonyl (C=O) groups is 1. The quantitative estimate of drug-likeness (QED) is 0.808. The summed E-state index contributed by atoms with van der Waals surface area (Å²) in [6.45, 7) is 6.77. The Kier molecular flexibility index (Phi) is 6.31. The van der Waals surface area contributed by atoms with Crippen molar-refractivity contribution in [3.05, 3.63) is 28.2 Å². The molecule has 0 saturated carbocycles. The van der Waals surface area contributed by atoms with Gasteiger partial charge in [-0.05, 0) is 45.0 Å². The number of halogens is 1. The summed E-state index contributed by atoms with van der Waals surface area (Å²) in [4.78, 5) is 11.1. The highest BCUT2D eigenvalue weighted by Gasteiger charge is 2.16. The molecule has 2 atom stereocenters. The molecule has 1 rings (SSSR count). The van der Waals surface area contributed by atoms with Crippen molar-refractivity contribution in [2.75, 3.05) is 6.54 Å². The number of nitrogens with two attached hydrogens (primary N) is 1. The standard InChI is InChI=1S/C14H21BrN2O2/c1-4-7-17-9(2)12-8-11(15)5-6-13(12)19-10(3)14(16)18/h5-6,8-10,17H,4,7H2,1-3H3,(H2,16,18). The van der Waals surface area contributed by atoms with Crippen LogP contribution >= 0.6 is 15.9 Å². The first-order valence-electron chi connectivity index (χ1n) is 6.44. The molecule has 1 amide bonds. The van der Waals surface area contributed by atoms with E-state index in [9.17, 15) is 4.79 Å². The topological polar surface area (TPSA) is 64.3 Å². The Labute approximate surface area is 122 Å². The lowest BCUT2D eigenvalue weighted by Crippen LogP contribution is -2.31. The van der Waals surface area contributed by atoms with E-state index in [0.717, 1.165) is 23.0 Å². The van der Waals surface area contributed by atoms with Crippen LogP contribution in [0.3, 0.4) is 0 Å². The minimum Gasteiger partial charge on any atom is -0.481 e. The SMILES string of the molecule is CCCNC(C)c1cc(Br)ccc1OC(C)C(N)=O. The molecule has 0 saturated heterocycles. The van der Waals surface area contributed by atoms with Gasteiger partial charge in [0.25, 0.3) is 5.91 Å². The molecular formula is C14H21BrN2O2. The van der Waals surface area contributed by atoms with Crippen LogP contribution in [0.4, 0.5) is 0 Å². The monoisotopic (exact) mass is 328 g/mol. The summed E-state index contributed by atoms with van der Waals surface area (Å²) in [6.07, 6.45) is 0.421. The first-order valence-corrected chi connectivity index (χ1v) is 7.23. The molecule has 2 unspecified atom stereocenters. The number of benzene rings is 1. The van der Waals surface area contributed by atoms with E-state index in [-0.39, 0.29) is 6.04 Å². The fourth-order valence-electron chi connectivity index (χ4n) is 1.68. The van der Waals surface area contributed by atoms with E-state index in [1.54, 1.807) is 6.92 Å². The smallest absolute Gasteiger partial charge is 0.258 e. The summed E-state index contributed by atoms with van der Waals surface area (Å²) in [7, 11) is 0. The number of hydrogen-bond donors (Lipinski definition) is 2. The average Bonchev–Trinajstić information content (AvgIpc) is 2.37. The largest absolute Gasteiger partial charge is 0.481 e. The van der Waals surface area contributed by atoms with Crippen LogP contribution in [-0.4, -0.2) is 18.6 Å². The van der Waals surface area contributed by atoms with Gasteiger partial charge in [0.15, 0.2) is 6.10 Å². The molecule has 4 nitrogen and oxygen atoms in total. The van der Waals surface area contributed by atoms with E-state index >= 15 is 0 Å². The Balaban J connectivity index is 2.93. The Hall–Kier alpha value is -1.07. The molecule has 0 radical (unpaired) electrons. The Bertz CT molecular complexity index is 437. The molecule has 0 aliphatic carbocycles. The third-order valence-corrected chi connectivity index (χ3v) is 3.34. The van der Waals surface area contributed by atoms with Crippen molar-refractivity contribution in [2.45, 2.75) is 39.3 Å². The number of nitrogens with one attached hydrogen (secondary N) is 1. The molecule has 1 aromatic rings. The van der Waals surface area contributed by atoms with Gasteiger partial charge in [0.1, 0.15) is 5.75 Å². The van der Waals surface area contributed by atoms with Crippen molar-refractivity contribution >= 4 is 21.8 Å². The minimum absolute atomic E-state index is 0.146. The van der Waals surface area contributed by atoms with Gasteiger partial charge in [-0.1, -0.05) is 22.9 Å². The highest BCUT2D eigenvalue weighted by molar-refractivity contribution is 9.10. The molecule has 0 aromatic heterocycles. The van der Waals surface area contributed by atoms with Gasteiger partial charge >= 0.3 is 0 Å². The summed E-state index contributed by atoms with van der Waals surface area (Å²) in [5, 5.41) is 3.40. The molecule has 5 heteroatoms. The van der Waals surface area contributed by atoms with Gasteiger partial charge in [0, 0.05) is 16.1 Å². The number of hydrogen-bond acceptors (Lipinski definition) is 3. The first-order chi connectivity index (χ1) is 8.95. The zero-order valence-corrected chi connectivity index (χ0v) is 13.2. The maximum absolute atomic E-state index is 11.1. The zero-order chi connectivity index (χ0) is 14.4. The molecule has 0 spiro atoms. The number of carbonyl (C=O) groups excluding carboxylic acids is 1. The van der Waals surface area contributed by atoms with Crippen LogP contribution in [0.25, 0.3) is 0 Å². The first kappa shape index (κ1) is 16.0. The van der Waals surface area contributed by atoms with Gasteiger partial charge in [0.05, 0.1) is 0 Å². The van der Waals surface area contributed by atoms with Gasteiger partial charge in [-0.3, -0.25) is 4.79 Å². The molecule has 0 aliphatic heterocycles. The van der Waals surface area contributed by atoms with Crippen molar-refractivity contribution in [1.82, 2.24) is 5.32 Å². The summed E-state index contributed by atoms with van der Waals surface area (Å²) in [5.74, 6) is 0.216. The van der Waals surface area contributed by atoms with E-state index < -0.39 is 12.0 Å². The molecule has 3 N–H and O–H groups in total. The van der Waals surface area contributed by atoms with Crippen molar-refractivity contribution in [1.29, 1.82) is 0 Å². The van der Waals surface area contributed by atoms with E-state index in [1.807, 2.05) is 18.2 Å². The average molecular weight is 329 g/mol. The van der Waals surface area contributed by atoms with Gasteiger partial charge < -0.3 is 15.8 Å². The van der Waals surface area contributed by atoms with E-state index in [1.165, 1.54) is 0 Å². The molecule has 19 heavy (non-hydrogen) atoms. The maximum atomic E-state index is 11.1. The maximum Gasteiger partial charge on any atom is 0.258 e. The molecule has 0 fully saturated rings. The van der Waals surface area contributed by atoms with E-state index in [2.05, 4.69) is 35.1 Å². The van der Waals surface area contributed by atoms with Crippen LogP contribution in [0.5, 0.6) is 5.75 Å². The predicted molar refractivity (Wildman–Crippen MR) is 80.1 cm³/mol. The summed E-state index contributed by atoms with van der Waals surface area (Å²) in [5.41, 5.74) is 6.24. The summed E-state index contributed by atoms with van der Waals surface area (Å²) >= 11 is 3.45. The van der Waals surface area contributed by atoms with Crippen LogP contribution in [0.2, 0.25) is 0 Å². The third kappa shape index (κ3) is 4.84. The van der Waals surface area contributed by atoms with Gasteiger partial charge in [-0.15, -0.1) is 0 Å². The third-order valence-electron chi connectivity index (χ3n) is 2.84. The molecule has 106 valence electrons. The molecule has 0 heterocycles. The van der Waals surface area contributed by atoms with Gasteiger partial charge in [0.2, 0.25) is 0 Å². The molecule has 0 aliphatic rings. The number of primary amides is 1. The number of ether oxygens (including phenoxy) is 1. The van der Waals surface area contributed by atoms with Gasteiger partial charge in [-0.25, -0.2) is 0 Å². The lowest BCUT2D eigenvalue weighted by molar-refractivity contribution is -0.124. The molecule has 0 bridgehead atoms. The second kappa shape index (κ2) is 7.50. The van der Waals surface area contributed by atoms with E-state index in [0.29, 0.717) is 5.75 Å². The number of rotatable bonds is 7. The predicted octanol–water partition coefficient (Wildman–Crippen LogP) is 2.76. The summed E-state index contributed by atoms with van der Waals surface area (Å²) < 4.78 is 6.61. The lowest BCUT2D eigenvalue weighted by Gasteiger charge is -2.20. The van der Waals surface area contributed by atoms with Crippen LogP contribution < -0.4 is 15.8 Å². The zero-order valence-electron chi connectivity index (χ0n) is 11.6. The van der Waals surface area contributed by atoms with Crippen LogP contribution in [0, 0.1) is 0 Å². The van der Waals surface area contributed by atoms with Crippen molar-refractivity contribution in [3.8, 4) is 5.75 Å². The normalized spacial score (nSPS) is 13.9. The highest BCUT2D eigenvalue weighted by Crippen LogP contribution is 2.29. The molecular weight excluding hydrogens is 308 g/mol. The van der Waals surface area contributed by atoms with E-state index in [4.69, 9.17) is 10.5 Å². The Morgan fingerprint density at radius 1 is 1.47 bits per heavy atom. The Morgan fingerprint density at radius 3 is 2.74 bits per heavy atom. The fourth-order valence-corrected chi connectivity index (χ4v) is 2.06. The second-order valence-corrected chi connectivity index (χ2v) is 5.44. The summed E-state index contributed by atoms with van der Waals surface area (Å²) in [6, 6.07) is 5.88. The minimum atomic E-state index is -0.640. The van der Waals surface area contributed by atoms with Crippen molar-refractivity contribution in [2.24, 2.45) is 5.73 Å². The van der Waals surface area contributed by atoms with Crippen LogP contribution in [0.1, 0.15) is 38.8 Å². The van der Waals surface area contributed by atoms with Crippen LogP contribution in [0.15, 0.2) is 22.7 Å². The second-order valence-electron chi connectivity index (χ2n) is 4.52. The Morgan fingerprint density at radius 2 is 2.16 bits per heavy atom. The van der Waals surface area contributed by atoms with Gasteiger partial charge in [-0.2, -0.15) is 0 Å². The van der Waals surface area contributed by atoms with Crippen molar-refractivity contribution < 1.29 is 9.53 Å². The lowest BCUT2D eigenvalue weighted by atomic mass is 10.1. The fraction of sp³-hybridized carbons (Fsp3) is 0.500. The van der Waals surface area contributed by atoms with Crippen LogP contribution in [-0.2, 0) is 4.79 Å². The highest BCUT2D eigenvalue weighted by atomic mass is 79.9.